The van der Waals surface area contributed by atoms with Crippen molar-refractivity contribution in [2.75, 3.05) is 5.32 Å². The van der Waals surface area contributed by atoms with Crippen LogP contribution in [0.25, 0.3) is 0 Å². The lowest BCUT2D eigenvalue weighted by Crippen LogP contribution is -2.12. The first-order chi connectivity index (χ1) is 12.0. The van der Waals surface area contributed by atoms with Crippen molar-refractivity contribution in [3.63, 3.8) is 0 Å². The van der Waals surface area contributed by atoms with Gasteiger partial charge in [-0.2, -0.15) is 0 Å². The van der Waals surface area contributed by atoms with Crippen molar-refractivity contribution in [3.8, 4) is 0 Å². The number of hydrogen-bond donors (Lipinski definition) is 1. The number of nitrogens with zero attached hydrogens (tertiary/aromatic N) is 3. The Bertz CT molecular complexity index is 924. The molecule has 0 radical (unpaired) electrons. The molecule has 1 heterocycles. The molecular formula is C16H11FN4O4. The molecule has 0 saturated carbocycles. The number of carbonyl (C=O) groups excluding carboxylic acids is 1. The Morgan fingerprint density at radius 3 is 2.68 bits per heavy atom. The summed E-state index contributed by atoms with van der Waals surface area (Å²) in [5.41, 5.74) is 0.657. The van der Waals surface area contributed by atoms with E-state index in [0.717, 1.165) is 11.6 Å². The standard InChI is InChI=1S/C16H11FN4O4/c17-12-6-4-10(5-7-12)8-14-19-20-16(25-14)18-15(22)11-2-1-3-13(9-11)21(23)24/h1-7,9H,8H2,(H,18,20,22). The van der Waals surface area contributed by atoms with Gasteiger partial charge in [-0.15, -0.1) is 5.10 Å². The number of non-ortho nitro benzene ring substituents is 1. The molecule has 3 rings (SSSR count). The smallest absolute Gasteiger partial charge is 0.322 e. The van der Waals surface area contributed by atoms with Gasteiger partial charge in [-0.25, -0.2) is 4.39 Å². The van der Waals surface area contributed by atoms with Crippen LogP contribution in [0.4, 0.5) is 16.1 Å². The number of nitro benzene ring substituents is 1. The SMILES string of the molecule is O=C(Nc1nnc(Cc2ccc(F)cc2)o1)c1cccc([N+](=O)[O-])c1. The fourth-order valence-electron chi connectivity index (χ4n) is 2.08. The highest BCUT2D eigenvalue weighted by atomic mass is 19.1. The summed E-state index contributed by atoms with van der Waals surface area (Å²) in [6.45, 7) is 0. The molecule has 126 valence electrons. The second-order valence-electron chi connectivity index (χ2n) is 5.07. The maximum absolute atomic E-state index is 12.9. The molecule has 0 bridgehead atoms. The number of rotatable bonds is 5. The van der Waals surface area contributed by atoms with Crippen LogP contribution in [0.3, 0.4) is 0 Å². The van der Waals surface area contributed by atoms with Crippen LogP contribution in [0.2, 0.25) is 0 Å². The van der Waals surface area contributed by atoms with E-state index in [4.69, 9.17) is 4.42 Å². The minimum Gasteiger partial charge on any atom is -0.407 e. The van der Waals surface area contributed by atoms with Gasteiger partial charge in [0.15, 0.2) is 0 Å². The van der Waals surface area contributed by atoms with Gasteiger partial charge in [-0.1, -0.05) is 23.3 Å². The summed E-state index contributed by atoms with van der Waals surface area (Å²) in [7, 11) is 0. The Balaban J connectivity index is 1.68. The predicted molar refractivity (Wildman–Crippen MR) is 84.6 cm³/mol. The van der Waals surface area contributed by atoms with E-state index in [1.54, 1.807) is 12.1 Å². The number of nitrogens with one attached hydrogen (secondary N) is 1. The van der Waals surface area contributed by atoms with Crippen molar-refractivity contribution in [1.29, 1.82) is 0 Å². The molecule has 9 heteroatoms. The molecule has 8 nitrogen and oxygen atoms in total. The highest BCUT2D eigenvalue weighted by molar-refractivity contribution is 6.03. The van der Waals surface area contributed by atoms with E-state index in [0.29, 0.717) is 0 Å². The fourth-order valence-corrected chi connectivity index (χ4v) is 2.08. The van der Waals surface area contributed by atoms with Gasteiger partial charge in [0.25, 0.3) is 11.6 Å². The molecule has 1 N–H and O–H groups in total. The summed E-state index contributed by atoms with van der Waals surface area (Å²) in [6, 6.07) is 10.9. The third-order valence-electron chi connectivity index (χ3n) is 3.28. The molecule has 0 atom stereocenters. The second kappa shape index (κ2) is 6.87. The summed E-state index contributed by atoms with van der Waals surface area (Å²) in [6.07, 6.45) is 0.278. The molecule has 0 aliphatic rings. The number of hydrogen-bond acceptors (Lipinski definition) is 6. The van der Waals surface area contributed by atoms with Gasteiger partial charge >= 0.3 is 6.01 Å². The number of nitro groups is 1. The third-order valence-corrected chi connectivity index (χ3v) is 3.28. The molecule has 2 aromatic carbocycles. The van der Waals surface area contributed by atoms with E-state index in [1.165, 1.54) is 30.3 Å². The van der Waals surface area contributed by atoms with E-state index in [9.17, 15) is 19.3 Å². The van der Waals surface area contributed by atoms with Crippen LogP contribution in [0, 0.1) is 15.9 Å². The molecule has 0 aliphatic heterocycles. The normalized spacial score (nSPS) is 10.4. The number of benzene rings is 2. The lowest BCUT2D eigenvalue weighted by atomic mass is 10.1. The van der Waals surface area contributed by atoms with E-state index in [2.05, 4.69) is 15.5 Å². The van der Waals surface area contributed by atoms with E-state index in [-0.39, 0.29) is 35.4 Å². The molecule has 25 heavy (non-hydrogen) atoms. The first-order valence-electron chi connectivity index (χ1n) is 7.14. The second-order valence-corrected chi connectivity index (χ2v) is 5.07. The minimum atomic E-state index is -0.610. The first-order valence-corrected chi connectivity index (χ1v) is 7.14. The fraction of sp³-hybridized carbons (Fsp3) is 0.0625. The zero-order chi connectivity index (χ0) is 17.8. The minimum absolute atomic E-state index is 0.0903. The average Bonchev–Trinajstić information content (AvgIpc) is 3.04. The Labute approximate surface area is 140 Å². The number of aromatic nitrogens is 2. The van der Waals surface area contributed by atoms with Gasteiger partial charge in [0.2, 0.25) is 5.89 Å². The van der Waals surface area contributed by atoms with Crippen LogP contribution >= 0.6 is 0 Å². The molecule has 0 fully saturated rings. The summed E-state index contributed by atoms with van der Waals surface area (Å²) >= 11 is 0. The molecule has 0 aliphatic carbocycles. The highest BCUT2D eigenvalue weighted by Gasteiger charge is 2.15. The predicted octanol–water partition coefficient (Wildman–Crippen LogP) is 2.96. The van der Waals surface area contributed by atoms with Gasteiger partial charge < -0.3 is 4.42 Å². The Morgan fingerprint density at radius 2 is 1.96 bits per heavy atom. The van der Waals surface area contributed by atoms with Crippen molar-refractivity contribution in [2.24, 2.45) is 0 Å². The van der Waals surface area contributed by atoms with Crippen LogP contribution < -0.4 is 5.32 Å². The van der Waals surface area contributed by atoms with Crippen molar-refractivity contribution < 1.29 is 18.5 Å². The van der Waals surface area contributed by atoms with Crippen LogP contribution in [-0.4, -0.2) is 21.0 Å². The quantitative estimate of drug-likeness (QED) is 0.563. The molecule has 3 aromatic rings. The number of carbonyl (C=O) groups is 1. The number of halogens is 1. The molecule has 0 unspecified atom stereocenters. The van der Waals surface area contributed by atoms with Crippen molar-refractivity contribution in [3.05, 3.63) is 81.5 Å². The molecule has 1 aromatic heterocycles. The van der Waals surface area contributed by atoms with Crippen molar-refractivity contribution in [2.45, 2.75) is 6.42 Å². The average molecular weight is 342 g/mol. The molecule has 1 amide bonds. The van der Waals surface area contributed by atoms with Crippen molar-refractivity contribution in [1.82, 2.24) is 10.2 Å². The maximum atomic E-state index is 12.9. The third kappa shape index (κ3) is 4.02. The van der Waals surface area contributed by atoms with Gasteiger partial charge in [0.1, 0.15) is 5.82 Å². The van der Waals surface area contributed by atoms with Gasteiger partial charge in [0.05, 0.1) is 11.3 Å². The Hall–Kier alpha value is -3.62. The lowest BCUT2D eigenvalue weighted by Gasteiger charge is -2.00. The zero-order valence-electron chi connectivity index (χ0n) is 12.7. The number of amides is 1. The highest BCUT2D eigenvalue weighted by Crippen LogP contribution is 2.16. The summed E-state index contributed by atoms with van der Waals surface area (Å²) in [5, 5.41) is 20.6. The summed E-state index contributed by atoms with van der Waals surface area (Å²) < 4.78 is 18.2. The first kappa shape index (κ1) is 16.2. The molecular weight excluding hydrogens is 331 g/mol. The van der Waals surface area contributed by atoms with Gasteiger partial charge in [-0.05, 0) is 23.8 Å². The lowest BCUT2D eigenvalue weighted by molar-refractivity contribution is -0.384. The van der Waals surface area contributed by atoms with E-state index in [1.807, 2.05) is 0 Å². The molecule has 0 saturated heterocycles. The van der Waals surface area contributed by atoms with Crippen LogP contribution in [0.15, 0.2) is 52.9 Å². The van der Waals surface area contributed by atoms with E-state index >= 15 is 0 Å². The van der Waals surface area contributed by atoms with Crippen molar-refractivity contribution >= 4 is 17.6 Å². The van der Waals surface area contributed by atoms with Gasteiger partial charge in [0, 0.05) is 17.7 Å². The van der Waals surface area contributed by atoms with E-state index < -0.39 is 10.8 Å². The van der Waals surface area contributed by atoms with Crippen LogP contribution in [0.5, 0.6) is 0 Å². The summed E-state index contributed by atoms with van der Waals surface area (Å²) in [5.74, 6) is -0.721. The van der Waals surface area contributed by atoms with Gasteiger partial charge in [-0.3, -0.25) is 20.2 Å². The zero-order valence-corrected chi connectivity index (χ0v) is 12.7. The van der Waals surface area contributed by atoms with Crippen LogP contribution in [-0.2, 0) is 6.42 Å². The number of anilines is 1. The Morgan fingerprint density at radius 1 is 1.20 bits per heavy atom. The topological polar surface area (TPSA) is 111 Å². The largest absolute Gasteiger partial charge is 0.407 e. The van der Waals surface area contributed by atoms with Crippen LogP contribution in [0.1, 0.15) is 21.8 Å². The summed E-state index contributed by atoms with van der Waals surface area (Å²) in [4.78, 5) is 22.2. The maximum Gasteiger partial charge on any atom is 0.322 e. The Kier molecular flexibility index (Phi) is 4.46. The monoisotopic (exact) mass is 342 g/mol. The molecule has 0 spiro atoms.